The van der Waals surface area contributed by atoms with E-state index in [1.807, 2.05) is 31.2 Å². The SMILES string of the molecule is Cc1ccc(C[N+]2(C)C(Oc3cccc(OC(F)(F)F)c3)=Nc3c2c(=O)n(CCOCCO)c(=O)n3C)cc1. The molecule has 0 aliphatic carbocycles. The molecule has 2 heterocycles. The highest BCUT2D eigenvalue weighted by Crippen LogP contribution is 2.38. The van der Waals surface area contributed by atoms with Crippen LogP contribution in [0.1, 0.15) is 11.1 Å². The van der Waals surface area contributed by atoms with Crippen LogP contribution in [-0.2, 0) is 24.9 Å². The van der Waals surface area contributed by atoms with Crippen LogP contribution in [0.15, 0.2) is 63.1 Å². The number of hydrogen-bond donors (Lipinski definition) is 1. The van der Waals surface area contributed by atoms with Gasteiger partial charge in [-0.25, -0.2) is 4.79 Å². The van der Waals surface area contributed by atoms with Crippen molar-refractivity contribution in [2.75, 3.05) is 26.9 Å². The molecule has 13 heteroatoms. The molecule has 1 atom stereocenters. The number of quaternary nitrogens is 1. The standard InChI is InChI=1S/C26H28F3N4O6/c1-17-7-9-18(10-8-17)16-33(3)21-22(31(2)25(36)32(23(21)35)11-13-37-14-12-34)30-24(33)38-19-5-4-6-20(15-19)39-26(27,28)29/h4-10,15,34H,11-14,16H2,1-3H3/q+1. The fourth-order valence-electron chi connectivity index (χ4n) is 4.29. The van der Waals surface area contributed by atoms with E-state index in [0.29, 0.717) is 0 Å². The average molecular weight is 550 g/mol. The highest BCUT2D eigenvalue weighted by atomic mass is 19.4. The number of aryl methyl sites for hydroxylation is 1. The number of halogens is 3. The zero-order chi connectivity index (χ0) is 28.4. The first-order chi connectivity index (χ1) is 18.4. The molecule has 0 saturated heterocycles. The molecular weight excluding hydrogens is 521 g/mol. The number of ether oxygens (including phenoxy) is 3. The summed E-state index contributed by atoms with van der Waals surface area (Å²) in [6.07, 6.45) is -4.89. The smallest absolute Gasteiger partial charge is 0.406 e. The number of benzene rings is 2. The van der Waals surface area contributed by atoms with Crippen molar-refractivity contribution in [1.82, 2.24) is 13.6 Å². The predicted octanol–water partition coefficient (Wildman–Crippen LogP) is 2.98. The van der Waals surface area contributed by atoms with Crippen LogP contribution in [0.25, 0.3) is 0 Å². The lowest BCUT2D eigenvalue weighted by Crippen LogP contribution is -2.54. The molecule has 0 fully saturated rings. The Morgan fingerprint density at radius 2 is 1.74 bits per heavy atom. The summed E-state index contributed by atoms with van der Waals surface area (Å²) in [4.78, 5) is 31.2. The maximum atomic E-state index is 13.7. The van der Waals surface area contributed by atoms with Crippen molar-refractivity contribution in [2.24, 2.45) is 12.0 Å². The van der Waals surface area contributed by atoms with E-state index in [2.05, 4.69) is 9.73 Å². The van der Waals surface area contributed by atoms with E-state index in [0.717, 1.165) is 27.8 Å². The molecule has 3 aromatic rings. The highest BCUT2D eigenvalue weighted by Gasteiger charge is 2.48. The van der Waals surface area contributed by atoms with Gasteiger partial charge < -0.3 is 19.3 Å². The van der Waals surface area contributed by atoms with Crippen LogP contribution >= 0.6 is 0 Å². The van der Waals surface area contributed by atoms with Gasteiger partial charge in [-0.15, -0.1) is 18.2 Å². The Balaban J connectivity index is 1.79. The van der Waals surface area contributed by atoms with E-state index in [9.17, 15) is 22.8 Å². The Labute approximate surface area is 221 Å². The first kappa shape index (κ1) is 28.1. The summed E-state index contributed by atoms with van der Waals surface area (Å²) in [6, 6.07) is 12.5. The molecule has 1 aliphatic rings. The van der Waals surface area contributed by atoms with E-state index in [1.165, 1.54) is 23.7 Å². The van der Waals surface area contributed by atoms with Crippen LogP contribution in [0.5, 0.6) is 11.5 Å². The third kappa shape index (κ3) is 6.05. The van der Waals surface area contributed by atoms with Gasteiger partial charge >= 0.3 is 23.6 Å². The maximum absolute atomic E-state index is 13.7. The van der Waals surface area contributed by atoms with Crippen LogP contribution in [0, 0.1) is 6.92 Å². The molecule has 0 radical (unpaired) electrons. The minimum atomic E-state index is -4.89. The summed E-state index contributed by atoms with van der Waals surface area (Å²) < 4.78 is 55.5. The number of aromatic nitrogens is 2. The number of fused-ring (bicyclic) bond motifs is 1. The van der Waals surface area contributed by atoms with Gasteiger partial charge in [0.25, 0.3) is 5.69 Å². The Kier molecular flexibility index (Phi) is 7.95. The predicted molar refractivity (Wildman–Crippen MR) is 137 cm³/mol. The van der Waals surface area contributed by atoms with E-state index in [1.54, 1.807) is 7.05 Å². The van der Waals surface area contributed by atoms with Gasteiger partial charge in [-0.2, -0.15) is 4.48 Å². The Hall–Kier alpha value is -3.94. The third-order valence-corrected chi connectivity index (χ3v) is 6.17. The van der Waals surface area contributed by atoms with Gasteiger partial charge in [0.05, 0.1) is 33.4 Å². The maximum Gasteiger partial charge on any atom is 0.573 e. The Morgan fingerprint density at radius 3 is 2.41 bits per heavy atom. The van der Waals surface area contributed by atoms with Crippen molar-refractivity contribution >= 4 is 17.5 Å². The van der Waals surface area contributed by atoms with Gasteiger partial charge in [-0.3, -0.25) is 13.9 Å². The molecule has 1 aliphatic heterocycles. The second-order valence-electron chi connectivity index (χ2n) is 9.16. The number of amidine groups is 1. The second-order valence-corrected chi connectivity index (χ2v) is 9.16. The first-order valence-electron chi connectivity index (χ1n) is 12.0. The molecule has 0 amide bonds. The summed E-state index contributed by atoms with van der Waals surface area (Å²) in [6.45, 7) is 1.94. The number of alkyl halides is 3. The molecule has 1 aromatic heterocycles. The number of aliphatic hydroxyl groups excluding tert-OH is 1. The minimum Gasteiger partial charge on any atom is -0.406 e. The Bertz CT molecular complexity index is 1500. The van der Waals surface area contributed by atoms with Gasteiger partial charge in [-0.05, 0) is 19.1 Å². The van der Waals surface area contributed by atoms with E-state index < -0.39 is 23.4 Å². The van der Waals surface area contributed by atoms with Crippen molar-refractivity contribution in [3.8, 4) is 11.5 Å². The molecule has 0 bridgehead atoms. The first-order valence-corrected chi connectivity index (χ1v) is 12.0. The van der Waals surface area contributed by atoms with Crippen molar-refractivity contribution in [3.63, 3.8) is 0 Å². The molecule has 0 saturated carbocycles. The second kappa shape index (κ2) is 11.0. The van der Waals surface area contributed by atoms with E-state index in [4.69, 9.17) is 14.6 Å². The molecule has 1 N–H and O–H groups in total. The Morgan fingerprint density at radius 1 is 1.05 bits per heavy atom. The highest BCUT2D eigenvalue weighted by molar-refractivity contribution is 5.97. The molecule has 4 rings (SSSR count). The number of nitrogens with zero attached hydrogens (tertiary/aromatic N) is 4. The molecule has 2 aromatic carbocycles. The van der Waals surface area contributed by atoms with E-state index in [-0.39, 0.29) is 60.7 Å². The largest absolute Gasteiger partial charge is 0.573 e. The topological polar surface area (TPSA) is 104 Å². The zero-order valence-corrected chi connectivity index (χ0v) is 21.6. The summed E-state index contributed by atoms with van der Waals surface area (Å²) in [5, 5.41) is 8.94. The summed E-state index contributed by atoms with van der Waals surface area (Å²) in [7, 11) is 3.14. The summed E-state index contributed by atoms with van der Waals surface area (Å²) in [5.41, 5.74) is 0.776. The molecule has 10 nitrogen and oxygen atoms in total. The fraction of sp³-hybridized carbons (Fsp3) is 0.346. The number of rotatable bonds is 9. The number of aliphatic hydroxyl groups is 1. The van der Waals surface area contributed by atoms with Gasteiger partial charge in [0.1, 0.15) is 18.0 Å². The fourth-order valence-corrected chi connectivity index (χ4v) is 4.29. The number of hydrogen-bond acceptors (Lipinski definition) is 7. The van der Waals surface area contributed by atoms with Crippen molar-refractivity contribution in [1.29, 1.82) is 0 Å². The monoisotopic (exact) mass is 549 g/mol. The lowest BCUT2D eigenvalue weighted by molar-refractivity contribution is -0.274. The quantitative estimate of drug-likeness (QED) is 0.325. The van der Waals surface area contributed by atoms with E-state index >= 15 is 0 Å². The van der Waals surface area contributed by atoms with Crippen molar-refractivity contribution < 1.29 is 32.5 Å². The van der Waals surface area contributed by atoms with Gasteiger partial charge in [-0.1, -0.05) is 35.9 Å². The molecule has 1 unspecified atom stereocenters. The van der Waals surface area contributed by atoms with Crippen LogP contribution in [0.2, 0.25) is 0 Å². The lowest BCUT2D eigenvalue weighted by atomic mass is 10.1. The van der Waals surface area contributed by atoms with Crippen LogP contribution in [0.4, 0.5) is 24.7 Å². The van der Waals surface area contributed by atoms with Crippen molar-refractivity contribution in [2.45, 2.75) is 26.4 Å². The normalized spacial score (nSPS) is 16.6. The third-order valence-electron chi connectivity index (χ3n) is 6.17. The molecule has 39 heavy (non-hydrogen) atoms. The molecular formula is C26H28F3N4O6+. The van der Waals surface area contributed by atoms with Crippen LogP contribution in [-0.4, -0.2) is 53.5 Å². The van der Waals surface area contributed by atoms with Gasteiger partial charge in [0.15, 0.2) is 0 Å². The zero-order valence-electron chi connectivity index (χ0n) is 21.6. The summed E-state index contributed by atoms with van der Waals surface area (Å²) >= 11 is 0. The lowest BCUT2D eigenvalue weighted by Gasteiger charge is -2.29. The van der Waals surface area contributed by atoms with Gasteiger partial charge in [0.2, 0.25) is 5.82 Å². The minimum absolute atomic E-state index is 0.000656. The number of aliphatic imine (C=N–C) groups is 1. The van der Waals surface area contributed by atoms with Crippen molar-refractivity contribution in [3.05, 3.63) is 80.5 Å². The molecule has 208 valence electrons. The van der Waals surface area contributed by atoms with Gasteiger partial charge in [0, 0.05) is 18.7 Å². The average Bonchev–Trinajstić information content (AvgIpc) is 3.14. The van der Waals surface area contributed by atoms with Crippen LogP contribution < -0.4 is 25.2 Å². The van der Waals surface area contributed by atoms with Crippen LogP contribution in [0.3, 0.4) is 0 Å². The molecule has 0 spiro atoms. The summed E-state index contributed by atoms with van der Waals surface area (Å²) in [5.74, 6) is -0.411.